The lowest BCUT2D eigenvalue weighted by atomic mass is 10.1. The first kappa shape index (κ1) is 22.1. The Morgan fingerprint density at radius 1 is 1.11 bits per heavy atom. The molecule has 152 valence electrons. The third-order valence-corrected chi connectivity index (χ3v) is 7.42. The Kier molecular flexibility index (Phi) is 7.68. The molecule has 0 saturated carbocycles. The van der Waals surface area contributed by atoms with Crippen LogP contribution in [0.25, 0.3) is 0 Å². The van der Waals surface area contributed by atoms with Crippen molar-refractivity contribution < 1.29 is 13.2 Å². The van der Waals surface area contributed by atoms with Crippen LogP contribution in [0.3, 0.4) is 0 Å². The number of sulfonamides is 1. The molecule has 1 aromatic rings. The van der Waals surface area contributed by atoms with E-state index in [0.29, 0.717) is 25.2 Å². The molecule has 0 bridgehead atoms. The molecule has 8 heteroatoms. The van der Waals surface area contributed by atoms with Crippen LogP contribution in [0, 0.1) is 6.92 Å². The van der Waals surface area contributed by atoms with Crippen LogP contribution in [0.5, 0.6) is 0 Å². The van der Waals surface area contributed by atoms with Crippen LogP contribution in [0.2, 0.25) is 0 Å². The number of rotatable bonds is 3. The van der Waals surface area contributed by atoms with E-state index in [1.54, 1.807) is 22.5 Å². The van der Waals surface area contributed by atoms with Crippen LogP contribution in [0.4, 0.5) is 0 Å². The monoisotopic (exact) mass is 415 g/mol. The fourth-order valence-corrected chi connectivity index (χ4v) is 5.50. The molecule has 27 heavy (non-hydrogen) atoms. The second kappa shape index (κ2) is 9.37. The molecule has 1 atom stereocenters. The number of carbonyl (C=O) groups excluding carboxylic acids is 1. The van der Waals surface area contributed by atoms with Crippen molar-refractivity contribution in [3.05, 3.63) is 29.3 Å². The Morgan fingerprint density at radius 2 is 1.89 bits per heavy atom. The molecule has 0 aliphatic carbocycles. The number of amides is 1. The van der Waals surface area contributed by atoms with Gasteiger partial charge in [-0.2, -0.15) is 4.31 Å². The van der Waals surface area contributed by atoms with E-state index in [4.69, 9.17) is 0 Å². The van der Waals surface area contributed by atoms with Gasteiger partial charge in [-0.1, -0.05) is 12.5 Å². The molecule has 2 heterocycles. The number of hydrogen-bond acceptors (Lipinski definition) is 4. The zero-order valence-corrected chi connectivity index (χ0v) is 17.7. The number of aryl methyl sites for hydroxylation is 1. The van der Waals surface area contributed by atoms with Crippen LogP contribution in [0.1, 0.15) is 48.5 Å². The van der Waals surface area contributed by atoms with Gasteiger partial charge in [-0.05, 0) is 57.4 Å². The minimum absolute atomic E-state index is 0. The maximum atomic E-state index is 13.1. The molecule has 2 fully saturated rings. The van der Waals surface area contributed by atoms with E-state index in [9.17, 15) is 13.2 Å². The minimum atomic E-state index is -3.57. The van der Waals surface area contributed by atoms with Crippen LogP contribution >= 0.6 is 12.4 Å². The summed E-state index contributed by atoms with van der Waals surface area (Å²) in [4.78, 5) is 15.0. The molecule has 2 aliphatic rings. The molecule has 1 unspecified atom stereocenters. The minimum Gasteiger partial charge on any atom is -0.337 e. The number of halogens is 1. The fraction of sp³-hybridized carbons (Fsp3) is 0.632. The van der Waals surface area contributed by atoms with E-state index in [1.165, 1.54) is 0 Å². The predicted octanol–water partition coefficient (Wildman–Crippen LogP) is 2.42. The number of hydrogen-bond donors (Lipinski definition) is 1. The number of carbonyl (C=O) groups is 1. The zero-order chi connectivity index (χ0) is 18.7. The Labute approximate surface area is 168 Å². The summed E-state index contributed by atoms with van der Waals surface area (Å²) in [5, 5.41) is 3.29. The molecular formula is C19H30ClN3O3S. The van der Waals surface area contributed by atoms with Crippen molar-refractivity contribution in [2.75, 3.05) is 32.7 Å². The lowest BCUT2D eigenvalue weighted by molar-refractivity contribution is 0.0765. The van der Waals surface area contributed by atoms with E-state index in [2.05, 4.69) is 5.32 Å². The van der Waals surface area contributed by atoms with Crippen LogP contribution in [-0.4, -0.2) is 62.3 Å². The summed E-state index contributed by atoms with van der Waals surface area (Å²) in [7, 11) is -3.57. The van der Waals surface area contributed by atoms with Gasteiger partial charge in [-0.15, -0.1) is 12.4 Å². The van der Waals surface area contributed by atoms with E-state index >= 15 is 0 Å². The van der Waals surface area contributed by atoms with E-state index in [-0.39, 0.29) is 29.3 Å². The summed E-state index contributed by atoms with van der Waals surface area (Å²) in [6, 6.07) is 4.97. The van der Waals surface area contributed by atoms with Crippen LogP contribution < -0.4 is 5.32 Å². The van der Waals surface area contributed by atoms with E-state index in [0.717, 1.165) is 44.3 Å². The van der Waals surface area contributed by atoms with Gasteiger partial charge in [-0.3, -0.25) is 4.79 Å². The van der Waals surface area contributed by atoms with Crippen molar-refractivity contribution in [2.24, 2.45) is 0 Å². The SMILES string of the molecule is Cc1ccc(S(=O)(=O)N2CCCCC2C)cc1C(=O)N1CCCNCC1.Cl. The van der Waals surface area contributed by atoms with Crippen LogP contribution in [0.15, 0.2) is 23.1 Å². The number of benzene rings is 1. The van der Waals surface area contributed by atoms with Gasteiger partial charge in [0.1, 0.15) is 0 Å². The molecule has 0 spiro atoms. The van der Waals surface area contributed by atoms with Gasteiger partial charge in [0.25, 0.3) is 5.91 Å². The molecule has 1 aromatic carbocycles. The summed E-state index contributed by atoms with van der Waals surface area (Å²) in [5.74, 6) is -0.0741. The van der Waals surface area contributed by atoms with Crippen molar-refractivity contribution >= 4 is 28.3 Å². The second-order valence-electron chi connectivity index (χ2n) is 7.33. The maximum Gasteiger partial charge on any atom is 0.254 e. The first-order chi connectivity index (χ1) is 12.4. The second-order valence-corrected chi connectivity index (χ2v) is 9.22. The maximum absolute atomic E-state index is 13.1. The van der Waals surface area contributed by atoms with Crippen molar-refractivity contribution in [3.8, 4) is 0 Å². The highest BCUT2D eigenvalue weighted by atomic mass is 35.5. The average molecular weight is 416 g/mol. The van der Waals surface area contributed by atoms with Gasteiger partial charge in [0, 0.05) is 37.8 Å². The predicted molar refractivity (Wildman–Crippen MR) is 109 cm³/mol. The highest BCUT2D eigenvalue weighted by molar-refractivity contribution is 7.89. The normalized spacial score (nSPS) is 22.0. The van der Waals surface area contributed by atoms with Gasteiger partial charge in [0.05, 0.1) is 4.90 Å². The topological polar surface area (TPSA) is 69.7 Å². The number of nitrogens with zero attached hydrogens (tertiary/aromatic N) is 2. The number of piperidine rings is 1. The Morgan fingerprint density at radius 3 is 2.63 bits per heavy atom. The van der Waals surface area contributed by atoms with Gasteiger partial charge >= 0.3 is 0 Å². The molecule has 2 aliphatic heterocycles. The lowest BCUT2D eigenvalue weighted by Gasteiger charge is -2.32. The number of nitrogens with one attached hydrogen (secondary N) is 1. The molecular weight excluding hydrogens is 386 g/mol. The van der Waals surface area contributed by atoms with Crippen LogP contribution in [-0.2, 0) is 10.0 Å². The fourth-order valence-electron chi connectivity index (χ4n) is 3.78. The molecule has 6 nitrogen and oxygen atoms in total. The molecule has 0 aromatic heterocycles. The summed E-state index contributed by atoms with van der Waals surface area (Å²) in [5.41, 5.74) is 1.32. The van der Waals surface area contributed by atoms with Gasteiger partial charge in [-0.25, -0.2) is 8.42 Å². The third-order valence-electron chi connectivity index (χ3n) is 5.42. The first-order valence-electron chi connectivity index (χ1n) is 9.54. The van der Waals surface area contributed by atoms with Crippen molar-refractivity contribution in [1.82, 2.24) is 14.5 Å². The van der Waals surface area contributed by atoms with Gasteiger partial charge in [0.2, 0.25) is 10.0 Å². The summed E-state index contributed by atoms with van der Waals surface area (Å²) in [6.45, 7) is 7.41. The first-order valence-corrected chi connectivity index (χ1v) is 11.0. The molecule has 1 N–H and O–H groups in total. The summed E-state index contributed by atoms with van der Waals surface area (Å²) < 4.78 is 27.8. The highest BCUT2D eigenvalue weighted by Gasteiger charge is 2.32. The van der Waals surface area contributed by atoms with E-state index in [1.807, 2.05) is 18.7 Å². The largest absolute Gasteiger partial charge is 0.337 e. The van der Waals surface area contributed by atoms with Gasteiger partial charge in [0.15, 0.2) is 0 Å². The zero-order valence-electron chi connectivity index (χ0n) is 16.1. The quantitative estimate of drug-likeness (QED) is 0.823. The van der Waals surface area contributed by atoms with Gasteiger partial charge < -0.3 is 10.2 Å². The molecule has 2 saturated heterocycles. The smallest absolute Gasteiger partial charge is 0.254 e. The molecule has 3 rings (SSSR count). The average Bonchev–Trinajstić information content (AvgIpc) is 2.91. The van der Waals surface area contributed by atoms with Crippen molar-refractivity contribution in [1.29, 1.82) is 0 Å². The van der Waals surface area contributed by atoms with Crippen molar-refractivity contribution in [2.45, 2.75) is 50.5 Å². The Bertz CT molecular complexity index is 761. The highest BCUT2D eigenvalue weighted by Crippen LogP contribution is 2.27. The molecule has 0 radical (unpaired) electrons. The van der Waals surface area contributed by atoms with Crippen molar-refractivity contribution in [3.63, 3.8) is 0 Å². The summed E-state index contributed by atoms with van der Waals surface area (Å²) >= 11 is 0. The lowest BCUT2D eigenvalue weighted by Crippen LogP contribution is -2.42. The van der Waals surface area contributed by atoms with E-state index < -0.39 is 10.0 Å². The Hall–Kier alpha value is -1.15. The standard InChI is InChI=1S/C19H29N3O3S.ClH/c1-15-7-8-17(26(24,25)22-12-4-3-6-16(22)2)14-18(15)19(23)21-11-5-9-20-10-13-21;/h7-8,14,16,20H,3-6,9-13H2,1-2H3;1H. The molecule has 1 amide bonds. The third kappa shape index (κ3) is 4.83. The Balaban J connectivity index is 0.00000261. The summed E-state index contributed by atoms with van der Waals surface area (Å²) in [6.07, 6.45) is 3.75.